The van der Waals surface area contributed by atoms with Crippen LogP contribution in [0.25, 0.3) is 0 Å². The highest BCUT2D eigenvalue weighted by Gasteiger charge is 2.48. The molecule has 0 aliphatic carbocycles. The molecule has 0 saturated heterocycles. The Morgan fingerprint density at radius 3 is 2.54 bits per heavy atom. The molecule has 1 aromatic carbocycles. The number of hydrogen-bond donors (Lipinski definition) is 2. The van der Waals surface area contributed by atoms with E-state index in [4.69, 9.17) is 25.8 Å². The summed E-state index contributed by atoms with van der Waals surface area (Å²) in [5.74, 6) is 1.32. The number of nitrogens with zero attached hydrogens (tertiary/aromatic N) is 1. The molecule has 2 N–H and O–H groups in total. The van der Waals surface area contributed by atoms with Gasteiger partial charge in [-0.25, -0.2) is 13.9 Å². The quantitative estimate of drug-likeness (QED) is 0.245. The number of halogens is 1. The van der Waals surface area contributed by atoms with E-state index in [2.05, 4.69) is 9.71 Å². The molecule has 1 aromatic heterocycles. The second kappa shape index (κ2) is 12.1. The molecule has 0 fully saturated rings. The molecule has 3 atom stereocenters. The summed E-state index contributed by atoms with van der Waals surface area (Å²) in [7, 11) is 0.145. The molecular formula is C29H41ClN2O6S. The Balaban J connectivity index is 1.86. The summed E-state index contributed by atoms with van der Waals surface area (Å²) in [5.41, 5.74) is -0.772. The van der Waals surface area contributed by atoms with Crippen LogP contribution in [-0.4, -0.2) is 45.2 Å². The van der Waals surface area contributed by atoms with E-state index in [1.54, 1.807) is 31.2 Å². The maximum absolute atomic E-state index is 13.1. The minimum atomic E-state index is -1.46. The monoisotopic (exact) mass is 580 g/mol. The number of benzene rings is 1. The van der Waals surface area contributed by atoms with Crippen molar-refractivity contribution in [1.29, 1.82) is 0 Å². The molecule has 2 heterocycles. The number of aromatic nitrogens is 1. The Morgan fingerprint density at radius 1 is 1.26 bits per heavy atom. The van der Waals surface area contributed by atoms with E-state index in [-0.39, 0.29) is 36.3 Å². The normalized spacial score (nSPS) is 19.3. The highest BCUT2D eigenvalue weighted by molar-refractivity contribution is 7.84. The van der Waals surface area contributed by atoms with Crippen LogP contribution in [0.3, 0.4) is 0 Å². The summed E-state index contributed by atoms with van der Waals surface area (Å²) in [6, 6.07) is 6.84. The maximum atomic E-state index is 13.1. The zero-order valence-corrected chi connectivity index (χ0v) is 25.7. The molecule has 216 valence electrons. The molecule has 10 heteroatoms. The maximum Gasteiger partial charge on any atom is 0.171 e. The summed E-state index contributed by atoms with van der Waals surface area (Å²) in [6.07, 6.45) is 1.04. The lowest BCUT2D eigenvalue weighted by Crippen LogP contribution is -2.52. The van der Waals surface area contributed by atoms with Gasteiger partial charge in [0.2, 0.25) is 0 Å². The van der Waals surface area contributed by atoms with Gasteiger partial charge in [-0.2, -0.15) is 0 Å². The van der Waals surface area contributed by atoms with Crippen molar-refractivity contribution in [2.45, 2.75) is 83.6 Å². The number of pyridine rings is 1. The first kappa shape index (κ1) is 31.3. The van der Waals surface area contributed by atoms with Crippen LogP contribution in [-0.2, 0) is 22.1 Å². The van der Waals surface area contributed by atoms with Gasteiger partial charge in [-0.3, -0.25) is 4.79 Å². The minimum absolute atomic E-state index is 0.0119. The molecule has 3 unspecified atom stereocenters. The fourth-order valence-corrected chi connectivity index (χ4v) is 5.60. The molecule has 0 bridgehead atoms. The number of carbonyl (C=O) groups excluding carboxylic acids is 1. The van der Waals surface area contributed by atoms with Gasteiger partial charge in [0.05, 0.1) is 40.7 Å². The lowest BCUT2D eigenvalue weighted by molar-refractivity contribution is 0.0395. The lowest BCUT2D eigenvalue weighted by Gasteiger charge is -2.36. The topological polar surface area (TPSA) is 107 Å². The first-order valence-electron chi connectivity index (χ1n) is 13.3. The second-order valence-electron chi connectivity index (χ2n) is 11.5. The number of carbonyl (C=O) groups is 1. The average molecular weight is 581 g/mol. The number of fused-ring (bicyclic) bond motifs is 1. The fourth-order valence-electron chi connectivity index (χ4n) is 4.31. The Hall–Kier alpha value is -2.20. The second-order valence-corrected chi connectivity index (χ2v) is 13.8. The predicted octanol–water partition coefficient (Wildman–Crippen LogP) is 5.70. The van der Waals surface area contributed by atoms with Crippen LogP contribution in [0.5, 0.6) is 17.2 Å². The third-order valence-corrected chi connectivity index (χ3v) is 8.93. The molecular weight excluding hydrogens is 540 g/mol. The summed E-state index contributed by atoms with van der Waals surface area (Å²) in [6.45, 7) is 14.1. The van der Waals surface area contributed by atoms with Gasteiger partial charge in [-0.15, -0.1) is 0 Å². The number of methoxy groups -OCH3 is 1. The van der Waals surface area contributed by atoms with E-state index in [1.807, 2.05) is 41.5 Å². The number of aliphatic hydroxyl groups is 1. The molecule has 2 aromatic rings. The van der Waals surface area contributed by atoms with Crippen LogP contribution in [0.2, 0.25) is 5.15 Å². The molecule has 3 rings (SSSR count). The first-order chi connectivity index (χ1) is 18.2. The van der Waals surface area contributed by atoms with Crippen molar-refractivity contribution >= 4 is 28.4 Å². The van der Waals surface area contributed by atoms with Gasteiger partial charge in [0.1, 0.15) is 12.2 Å². The number of ether oxygens (including phenoxy) is 3. The summed E-state index contributed by atoms with van der Waals surface area (Å²) in [4.78, 5) is 17.5. The molecule has 0 spiro atoms. The molecule has 39 heavy (non-hydrogen) atoms. The van der Waals surface area contributed by atoms with E-state index >= 15 is 0 Å². The Labute approximate surface area is 239 Å². The van der Waals surface area contributed by atoms with E-state index in [9.17, 15) is 14.1 Å². The van der Waals surface area contributed by atoms with Crippen molar-refractivity contribution in [3.63, 3.8) is 0 Å². The van der Waals surface area contributed by atoms with Gasteiger partial charge in [-0.1, -0.05) is 32.4 Å². The van der Waals surface area contributed by atoms with Crippen LogP contribution < -0.4 is 18.9 Å². The fraction of sp³-hybridized carbons (Fsp3) is 0.586. The van der Waals surface area contributed by atoms with Crippen molar-refractivity contribution in [2.24, 2.45) is 5.92 Å². The van der Waals surface area contributed by atoms with Crippen molar-refractivity contribution < 1.29 is 28.3 Å². The van der Waals surface area contributed by atoms with E-state index in [1.165, 1.54) is 7.11 Å². The smallest absolute Gasteiger partial charge is 0.171 e. The van der Waals surface area contributed by atoms with Crippen molar-refractivity contribution in [1.82, 2.24) is 9.71 Å². The average Bonchev–Trinajstić information content (AvgIpc) is 3.25. The van der Waals surface area contributed by atoms with E-state index in [0.29, 0.717) is 40.7 Å². The first-order valence-corrected chi connectivity index (χ1v) is 14.8. The molecule has 1 aliphatic rings. The van der Waals surface area contributed by atoms with Gasteiger partial charge in [0.15, 0.2) is 28.2 Å². The van der Waals surface area contributed by atoms with Crippen molar-refractivity contribution in [2.75, 3.05) is 20.3 Å². The molecule has 0 amide bonds. The van der Waals surface area contributed by atoms with Gasteiger partial charge < -0.3 is 19.3 Å². The molecule has 8 nitrogen and oxygen atoms in total. The number of hydrogen-bond acceptors (Lipinski definition) is 7. The standard InChI is InChI=1S/C29H41ClN2O6S/c1-9-14-37-22-11-10-19(15-23(22)36-8)21(33)12-13-28(7,34)24-16-20-25(26(30)31-24)38-17-29(20,18(2)3)32-39(35)27(4,5)6/h10-11,15-16,18,32,34H,9,12-14,17H2,1-8H3. The van der Waals surface area contributed by atoms with Crippen molar-refractivity contribution in [3.8, 4) is 17.2 Å². The number of nitrogens with one attached hydrogen (secondary N) is 1. The summed E-state index contributed by atoms with van der Waals surface area (Å²) >= 11 is 6.54. The SMILES string of the molecule is CCCOc1ccc(C(=O)CCC(C)(O)c2cc3c(c(Cl)n2)OCC3(NS(=O)C(C)(C)C)C(C)C)cc1OC. The van der Waals surface area contributed by atoms with Crippen LogP contribution in [0.15, 0.2) is 24.3 Å². The van der Waals surface area contributed by atoms with Gasteiger partial charge in [0.25, 0.3) is 0 Å². The van der Waals surface area contributed by atoms with E-state index in [0.717, 1.165) is 6.42 Å². The van der Waals surface area contributed by atoms with E-state index < -0.39 is 26.9 Å². The van der Waals surface area contributed by atoms with Gasteiger partial charge in [-0.05, 0) is 70.7 Å². The van der Waals surface area contributed by atoms with Crippen molar-refractivity contribution in [3.05, 3.63) is 46.2 Å². The Kier molecular flexibility index (Phi) is 9.74. The van der Waals surface area contributed by atoms with Crippen LogP contribution in [0.1, 0.15) is 89.3 Å². The third kappa shape index (κ3) is 6.76. The van der Waals surface area contributed by atoms with Gasteiger partial charge >= 0.3 is 0 Å². The number of Topliss-reactive ketones (excluding diaryl/α,β-unsaturated/α-hetero) is 1. The largest absolute Gasteiger partial charge is 0.493 e. The number of ketones is 1. The van der Waals surface area contributed by atoms with Crippen LogP contribution >= 0.6 is 11.6 Å². The van der Waals surface area contributed by atoms with Crippen LogP contribution in [0, 0.1) is 5.92 Å². The predicted molar refractivity (Wildman–Crippen MR) is 154 cm³/mol. The summed E-state index contributed by atoms with van der Waals surface area (Å²) < 4.78 is 33.0. The lowest BCUT2D eigenvalue weighted by atomic mass is 9.81. The van der Waals surface area contributed by atoms with Gasteiger partial charge in [0, 0.05) is 17.5 Å². The zero-order chi connectivity index (χ0) is 29.2. The third-order valence-electron chi connectivity index (χ3n) is 7.01. The summed E-state index contributed by atoms with van der Waals surface area (Å²) in [5, 5.41) is 11.6. The zero-order valence-electron chi connectivity index (χ0n) is 24.1. The van der Waals surface area contributed by atoms with Crippen LogP contribution in [0.4, 0.5) is 0 Å². The highest BCUT2D eigenvalue weighted by Crippen LogP contribution is 2.47. The molecule has 1 aliphatic heterocycles. The number of rotatable bonds is 12. The Bertz CT molecular complexity index is 1230. The minimum Gasteiger partial charge on any atom is -0.493 e. The Morgan fingerprint density at radius 2 is 1.95 bits per heavy atom. The molecule has 0 radical (unpaired) electrons. The highest BCUT2D eigenvalue weighted by atomic mass is 35.5. The molecule has 0 saturated carbocycles.